The van der Waals surface area contributed by atoms with Crippen LogP contribution in [0.15, 0.2) is 0 Å². The molecule has 0 aromatic carbocycles. The van der Waals surface area contributed by atoms with E-state index < -0.39 is 24.0 Å². The quantitative estimate of drug-likeness (QED) is 0.437. The molecule has 0 saturated carbocycles. The molecule has 2 atom stereocenters. The topological polar surface area (TPSA) is 118 Å². The van der Waals surface area contributed by atoms with E-state index in [2.05, 4.69) is 5.32 Å². The van der Waals surface area contributed by atoms with Crippen LogP contribution in [0.1, 0.15) is 39.5 Å². The van der Waals surface area contributed by atoms with E-state index in [9.17, 15) is 9.59 Å². The third-order valence-corrected chi connectivity index (χ3v) is 2.62. The molecular formula is C12H25N3O3. The van der Waals surface area contributed by atoms with E-state index >= 15 is 0 Å². The summed E-state index contributed by atoms with van der Waals surface area (Å²) in [5.74, 6) is -1.13. The lowest BCUT2D eigenvalue weighted by atomic mass is 10.0. The van der Waals surface area contributed by atoms with Crippen LogP contribution in [0.3, 0.4) is 0 Å². The van der Waals surface area contributed by atoms with E-state index in [4.69, 9.17) is 16.6 Å². The fraction of sp³-hybridized carbons (Fsp3) is 0.833. The highest BCUT2D eigenvalue weighted by Crippen LogP contribution is 2.05. The second kappa shape index (κ2) is 8.88. The number of nitrogens with one attached hydrogen (secondary N) is 1. The average molecular weight is 259 g/mol. The van der Waals surface area contributed by atoms with E-state index in [0.29, 0.717) is 31.7 Å². The van der Waals surface area contributed by atoms with E-state index in [1.165, 1.54) is 0 Å². The number of aliphatic carboxylic acids is 1. The van der Waals surface area contributed by atoms with Crippen molar-refractivity contribution in [2.75, 3.05) is 6.54 Å². The zero-order chi connectivity index (χ0) is 14.1. The SMILES string of the molecule is CC(C)CC(N)C(=O)N[C@@H](CCCCN)C(=O)O. The second-order valence-electron chi connectivity index (χ2n) is 4.92. The average Bonchev–Trinajstić information content (AvgIpc) is 2.26. The lowest BCUT2D eigenvalue weighted by Crippen LogP contribution is -2.48. The highest BCUT2D eigenvalue weighted by Gasteiger charge is 2.23. The highest BCUT2D eigenvalue weighted by atomic mass is 16.4. The predicted octanol–water partition coefficient (Wildman–Crippen LogP) is 0.0582. The van der Waals surface area contributed by atoms with Crippen molar-refractivity contribution in [1.82, 2.24) is 5.32 Å². The summed E-state index contributed by atoms with van der Waals surface area (Å²) in [5.41, 5.74) is 11.0. The zero-order valence-corrected chi connectivity index (χ0v) is 11.2. The van der Waals surface area contributed by atoms with Crippen molar-refractivity contribution >= 4 is 11.9 Å². The van der Waals surface area contributed by atoms with Crippen LogP contribution < -0.4 is 16.8 Å². The fourth-order valence-corrected chi connectivity index (χ4v) is 1.64. The number of carbonyl (C=O) groups excluding carboxylic acids is 1. The maximum absolute atomic E-state index is 11.7. The van der Waals surface area contributed by atoms with Gasteiger partial charge in [-0.1, -0.05) is 13.8 Å². The standard InChI is InChI=1S/C12H25N3O3/c1-8(2)7-9(14)11(16)15-10(12(17)18)5-3-4-6-13/h8-10H,3-7,13-14H2,1-2H3,(H,15,16)(H,17,18)/t9?,10-/m0/s1. The van der Waals surface area contributed by atoms with Gasteiger partial charge in [0.25, 0.3) is 0 Å². The monoisotopic (exact) mass is 259 g/mol. The number of unbranched alkanes of at least 4 members (excludes halogenated alkanes) is 1. The fourth-order valence-electron chi connectivity index (χ4n) is 1.64. The first kappa shape index (κ1) is 16.9. The van der Waals surface area contributed by atoms with Crippen LogP contribution in [0.25, 0.3) is 0 Å². The van der Waals surface area contributed by atoms with Crippen molar-refractivity contribution in [2.45, 2.75) is 51.6 Å². The van der Waals surface area contributed by atoms with Gasteiger partial charge in [-0.25, -0.2) is 4.79 Å². The minimum absolute atomic E-state index is 0.297. The first-order valence-corrected chi connectivity index (χ1v) is 6.37. The Morgan fingerprint density at radius 1 is 1.28 bits per heavy atom. The Bertz CT molecular complexity index is 269. The number of nitrogens with two attached hydrogens (primary N) is 2. The normalized spacial score (nSPS) is 14.3. The lowest BCUT2D eigenvalue weighted by Gasteiger charge is -2.18. The molecule has 0 aliphatic rings. The Balaban J connectivity index is 4.22. The van der Waals surface area contributed by atoms with Gasteiger partial charge in [0.2, 0.25) is 5.91 Å². The molecular weight excluding hydrogens is 234 g/mol. The third-order valence-electron chi connectivity index (χ3n) is 2.62. The van der Waals surface area contributed by atoms with Crippen molar-refractivity contribution in [1.29, 1.82) is 0 Å². The molecule has 0 aromatic rings. The lowest BCUT2D eigenvalue weighted by molar-refractivity contribution is -0.142. The van der Waals surface area contributed by atoms with Gasteiger partial charge in [0, 0.05) is 0 Å². The van der Waals surface area contributed by atoms with Crippen LogP contribution in [0.2, 0.25) is 0 Å². The van der Waals surface area contributed by atoms with Gasteiger partial charge in [-0.2, -0.15) is 0 Å². The smallest absolute Gasteiger partial charge is 0.326 e. The van der Waals surface area contributed by atoms with Gasteiger partial charge in [-0.05, 0) is 38.1 Å². The molecule has 0 fully saturated rings. The molecule has 0 aliphatic carbocycles. The van der Waals surface area contributed by atoms with Crippen molar-refractivity contribution in [2.24, 2.45) is 17.4 Å². The molecule has 6 heteroatoms. The zero-order valence-electron chi connectivity index (χ0n) is 11.2. The van der Waals surface area contributed by atoms with Crippen LogP contribution in [0.4, 0.5) is 0 Å². The molecule has 0 aliphatic heterocycles. The van der Waals surface area contributed by atoms with Crippen LogP contribution in [0.5, 0.6) is 0 Å². The van der Waals surface area contributed by atoms with Gasteiger partial charge in [-0.3, -0.25) is 4.79 Å². The highest BCUT2D eigenvalue weighted by molar-refractivity contribution is 5.86. The summed E-state index contributed by atoms with van der Waals surface area (Å²) in [7, 11) is 0. The molecule has 0 radical (unpaired) electrons. The summed E-state index contributed by atoms with van der Waals surface area (Å²) in [6, 6.07) is -1.52. The largest absolute Gasteiger partial charge is 0.480 e. The minimum atomic E-state index is -1.03. The maximum Gasteiger partial charge on any atom is 0.326 e. The van der Waals surface area contributed by atoms with Crippen molar-refractivity contribution < 1.29 is 14.7 Å². The third kappa shape index (κ3) is 7.24. The van der Waals surface area contributed by atoms with Crippen LogP contribution in [-0.2, 0) is 9.59 Å². The Hall–Kier alpha value is -1.14. The number of carbonyl (C=O) groups is 2. The van der Waals surface area contributed by atoms with Gasteiger partial charge in [0.05, 0.1) is 6.04 Å². The summed E-state index contributed by atoms with van der Waals surface area (Å²) in [4.78, 5) is 22.7. The summed E-state index contributed by atoms with van der Waals surface area (Å²) in [5, 5.41) is 11.5. The molecule has 106 valence electrons. The maximum atomic E-state index is 11.7. The molecule has 6 N–H and O–H groups in total. The Kier molecular flexibility index (Phi) is 8.32. The van der Waals surface area contributed by atoms with Gasteiger partial charge in [0.1, 0.15) is 6.04 Å². The van der Waals surface area contributed by atoms with Crippen LogP contribution >= 0.6 is 0 Å². The van der Waals surface area contributed by atoms with Gasteiger partial charge >= 0.3 is 5.97 Å². The molecule has 0 heterocycles. The summed E-state index contributed by atoms with van der Waals surface area (Å²) < 4.78 is 0. The number of carboxylic acids is 1. The van der Waals surface area contributed by atoms with Gasteiger partial charge in [0.15, 0.2) is 0 Å². The number of carboxylic acid groups (broad SMARTS) is 1. The van der Waals surface area contributed by atoms with E-state index in [1.807, 2.05) is 13.8 Å². The van der Waals surface area contributed by atoms with E-state index in [0.717, 1.165) is 6.42 Å². The minimum Gasteiger partial charge on any atom is -0.480 e. The van der Waals surface area contributed by atoms with Crippen LogP contribution in [0, 0.1) is 5.92 Å². The molecule has 0 spiro atoms. The van der Waals surface area contributed by atoms with E-state index in [1.54, 1.807) is 0 Å². The van der Waals surface area contributed by atoms with Crippen molar-refractivity contribution in [3.63, 3.8) is 0 Å². The van der Waals surface area contributed by atoms with Gasteiger partial charge in [-0.15, -0.1) is 0 Å². The number of amides is 1. The molecule has 1 amide bonds. The first-order valence-electron chi connectivity index (χ1n) is 6.37. The summed E-state index contributed by atoms with van der Waals surface area (Å²) in [6.07, 6.45) is 2.35. The van der Waals surface area contributed by atoms with Crippen molar-refractivity contribution in [3.05, 3.63) is 0 Å². The Morgan fingerprint density at radius 3 is 2.33 bits per heavy atom. The summed E-state index contributed by atoms with van der Waals surface area (Å²) in [6.45, 7) is 4.44. The van der Waals surface area contributed by atoms with Crippen LogP contribution in [-0.4, -0.2) is 35.6 Å². The second-order valence-corrected chi connectivity index (χ2v) is 4.92. The van der Waals surface area contributed by atoms with Gasteiger partial charge < -0.3 is 21.9 Å². The molecule has 0 saturated heterocycles. The molecule has 0 bridgehead atoms. The molecule has 0 aromatic heterocycles. The van der Waals surface area contributed by atoms with Crippen molar-refractivity contribution in [3.8, 4) is 0 Å². The Morgan fingerprint density at radius 2 is 1.89 bits per heavy atom. The molecule has 0 rings (SSSR count). The number of hydrogen-bond acceptors (Lipinski definition) is 4. The number of rotatable bonds is 9. The number of hydrogen-bond donors (Lipinski definition) is 4. The molecule has 6 nitrogen and oxygen atoms in total. The molecule has 18 heavy (non-hydrogen) atoms. The predicted molar refractivity (Wildman–Crippen MR) is 69.9 cm³/mol. The van der Waals surface area contributed by atoms with E-state index in [-0.39, 0.29) is 0 Å². The summed E-state index contributed by atoms with van der Waals surface area (Å²) >= 11 is 0. The first-order chi connectivity index (χ1) is 8.38. The Labute approximate surface area is 108 Å². The molecule has 1 unspecified atom stereocenters.